The summed E-state index contributed by atoms with van der Waals surface area (Å²) < 4.78 is 2.04. The second-order valence-electron chi connectivity index (χ2n) is 3.29. The van der Waals surface area contributed by atoms with E-state index in [9.17, 15) is 0 Å². The summed E-state index contributed by atoms with van der Waals surface area (Å²) >= 11 is 0. The number of aromatic nitrogens is 1. The molecule has 0 aliphatic rings. The first-order valence-electron chi connectivity index (χ1n) is 4.74. The van der Waals surface area contributed by atoms with Crippen LogP contribution in [0.5, 0.6) is 0 Å². The number of para-hydroxylation sites is 1. The minimum atomic E-state index is 0.155. The number of nitrogens with zero attached hydrogens (tertiary/aromatic N) is 1. The number of benzene rings is 1. The zero-order valence-electron chi connectivity index (χ0n) is 7.98. The van der Waals surface area contributed by atoms with Crippen molar-refractivity contribution in [1.29, 1.82) is 0 Å². The third-order valence-electron chi connectivity index (χ3n) is 2.43. The maximum Gasteiger partial charge on any atom is 0.0610 e. The van der Waals surface area contributed by atoms with Gasteiger partial charge in [-0.25, -0.2) is 0 Å². The first kappa shape index (κ1) is 9.24. The number of aliphatic hydroxyl groups is 1. The van der Waals surface area contributed by atoms with E-state index in [-0.39, 0.29) is 6.61 Å². The maximum absolute atomic E-state index is 8.91. The number of hydrogen-bond donors (Lipinski definition) is 2. The quantitative estimate of drug-likeness (QED) is 0.761. The third kappa shape index (κ3) is 1.41. The molecule has 3 heteroatoms. The van der Waals surface area contributed by atoms with Gasteiger partial charge in [0.1, 0.15) is 0 Å². The zero-order valence-corrected chi connectivity index (χ0v) is 7.98. The SMILES string of the molecule is NCc1cccc2ccn(CCO)c12. The average molecular weight is 190 g/mol. The Morgan fingerprint density at radius 3 is 2.86 bits per heavy atom. The van der Waals surface area contributed by atoms with Crippen molar-refractivity contribution in [2.75, 3.05) is 6.61 Å². The van der Waals surface area contributed by atoms with E-state index in [4.69, 9.17) is 10.8 Å². The highest BCUT2D eigenvalue weighted by Crippen LogP contribution is 2.19. The minimum Gasteiger partial charge on any atom is -0.395 e. The van der Waals surface area contributed by atoms with Crippen LogP contribution in [0.1, 0.15) is 5.56 Å². The second kappa shape index (κ2) is 3.82. The average Bonchev–Trinajstić information content (AvgIpc) is 2.62. The third-order valence-corrected chi connectivity index (χ3v) is 2.43. The van der Waals surface area contributed by atoms with Gasteiger partial charge in [0, 0.05) is 19.3 Å². The Balaban J connectivity index is 2.62. The predicted molar refractivity (Wildman–Crippen MR) is 56.9 cm³/mol. The summed E-state index contributed by atoms with van der Waals surface area (Å²) in [6, 6.07) is 8.14. The number of fused-ring (bicyclic) bond motifs is 1. The molecule has 0 fully saturated rings. The standard InChI is InChI=1S/C11H14N2O/c12-8-10-3-1-2-9-4-5-13(6-7-14)11(9)10/h1-5,14H,6-8,12H2. The molecule has 0 bridgehead atoms. The molecule has 0 spiro atoms. The van der Waals surface area contributed by atoms with Gasteiger partial charge < -0.3 is 15.4 Å². The fourth-order valence-electron chi connectivity index (χ4n) is 1.80. The molecule has 0 saturated heterocycles. The lowest BCUT2D eigenvalue weighted by Crippen LogP contribution is -2.04. The van der Waals surface area contributed by atoms with Gasteiger partial charge in [-0.05, 0) is 17.0 Å². The normalized spacial score (nSPS) is 11.0. The summed E-state index contributed by atoms with van der Waals surface area (Å²) in [4.78, 5) is 0. The van der Waals surface area contributed by atoms with Gasteiger partial charge in [-0.3, -0.25) is 0 Å². The van der Waals surface area contributed by atoms with Crippen LogP contribution in [-0.2, 0) is 13.1 Å². The van der Waals surface area contributed by atoms with Crippen LogP contribution < -0.4 is 5.73 Å². The molecule has 1 heterocycles. The number of aliphatic hydroxyl groups excluding tert-OH is 1. The van der Waals surface area contributed by atoms with E-state index >= 15 is 0 Å². The molecule has 0 atom stereocenters. The van der Waals surface area contributed by atoms with E-state index in [1.54, 1.807) is 0 Å². The first-order valence-corrected chi connectivity index (χ1v) is 4.74. The molecule has 74 valence electrons. The molecule has 0 aliphatic carbocycles. The summed E-state index contributed by atoms with van der Waals surface area (Å²) in [5.41, 5.74) is 7.93. The largest absolute Gasteiger partial charge is 0.395 e. The van der Waals surface area contributed by atoms with Gasteiger partial charge in [0.25, 0.3) is 0 Å². The van der Waals surface area contributed by atoms with Gasteiger partial charge in [-0.2, -0.15) is 0 Å². The van der Waals surface area contributed by atoms with Crippen molar-refractivity contribution < 1.29 is 5.11 Å². The van der Waals surface area contributed by atoms with Crippen molar-refractivity contribution in [3.8, 4) is 0 Å². The highest BCUT2D eigenvalue weighted by Gasteiger charge is 2.04. The molecule has 1 aromatic carbocycles. The topological polar surface area (TPSA) is 51.2 Å². The van der Waals surface area contributed by atoms with Crippen LogP contribution in [0.25, 0.3) is 10.9 Å². The fraction of sp³-hybridized carbons (Fsp3) is 0.273. The molecule has 0 aliphatic heterocycles. The lowest BCUT2D eigenvalue weighted by Gasteiger charge is -2.06. The first-order chi connectivity index (χ1) is 6.86. The van der Waals surface area contributed by atoms with Crippen LogP contribution in [-0.4, -0.2) is 16.3 Å². The highest BCUT2D eigenvalue weighted by atomic mass is 16.3. The van der Waals surface area contributed by atoms with Crippen molar-refractivity contribution in [3.05, 3.63) is 36.0 Å². The van der Waals surface area contributed by atoms with E-state index < -0.39 is 0 Å². The summed E-state index contributed by atoms with van der Waals surface area (Å²) in [6.07, 6.45) is 1.99. The van der Waals surface area contributed by atoms with Gasteiger partial charge in [0.05, 0.1) is 12.1 Å². The molecule has 3 nitrogen and oxygen atoms in total. The molecule has 2 aromatic rings. The van der Waals surface area contributed by atoms with Crippen LogP contribution >= 0.6 is 0 Å². The Kier molecular flexibility index (Phi) is 2.52. The Morgan fingerprint density at radius 1 is 1.29 bits per heavy atom. The number of rotatable bonds is 3. The van der Waals surface area contributed by atoms with Gasteiger partial charge in [0.2, 0.25) is 0 Å². The molecule has 0 unspecified atom stereocenters. The molecule has 14 heavy (non-hydrogen) atoms. The monoisotopic (exact) mass is 190 g/mol. The maximum atomic E-state index is 8.91. The predicted octanol–water partition coefficient (Wildman–Crippen LogP) is 1.09. The molecule has 0 amide bonds. The molecule has 3 N–H and O–H groups in total. The van der Waals surface area contributed by atoms with Crippen molar-refractivity contribution in [3.63, 3.8) is 0 Å². The van der Waals surface area contributed by atoms with Crippen LogP contribution in [0.4, 0.5) is 0 Å². The Labute approximate surface area is 82.8 Å². The summed E-state index contributed by atoms with van der Waals surface area (Å²) in [6.45, 7) is 1.32. The van der Waals surface area contributed by atoms with Gasteiger partial charge in [-0.15, -0.1) is 0 Å². The summed E-state index contributed by atoms with van der Waals surface area (Å²) in [5.74, 6) is 0. The van der Waals surface area contributed by atoms with Crippen LogP contribution in [0.3, 0.4) is 0 Å². The summed E-state index contributed by atoms with van der Waals surface area (Å²) in [5, 5.41) is 10.1. The van der Waals surface area contributed by atoms with E-state index in [1.807, 2.05) is 29.0 Å². The van der Waals surface area contributed by atoms with E-state index in [2.05, 4.69) is 6.07 Å². The van der Waals surface area contributed by atoms with Crippen molar-refractivity contribution in [2.45, 2.75) is 13.1 Å². The molecule has 0 radical (unpaired) electrons. The minimum absolute atomic E-state index is 0.155. The van der Waals surface area contributed by atoms with Crippen LogP contribution in [0, 0.1) is 0 Å². The van der Waals surface area contributed by atoms with Crippen LogP contribution in [0.15, 0.2) is 30.5 Å². The zero-order chi connectivity index (χ0) is 9.97. The molecular weight excluding hydrogens is 176 g/mol. The lowest BCUT2D eigenvalue weighted by atomic mass is 10.1. The van der Waals surface area contributed by atoms with E-state index in [0.717, 1.165) is 11.1 Å². The Bertz CT molecular complexity index is 434. The van der Waals surface area contributed by atoms with E-state index in [0.29, 0.717) is 13.1 Å². The Hall–Kier alpha value is -1.32. The van der Waals surface area contributed by atoms with Crippen molar-refractivity contribution >= 4 is 10.9 Å². The number of hydrogen-bond acceptors (Lipinski definition) is 2. The summed E-state index contributed by atoms with van der Waals surface area (Å²) in [7, 11) is 0. The highest BCUT2D eigenvalue weighted by molar-refractivity contribution is 5.83. The molecule has 2 rings (SSSR count). The smallest absolute Gasteiger partial charge is 0.0610 e. The lowest BCUT2D eigenvalue weighted by molar-refractivity contribution is 0.278. The Morgan fingerprint density at radius 2 is 2.14 bits per heavy atom. The van der Waals surface area contributed by atoms with Crippen molar-refractivity contribution in [1.82, 2.24) is 4.57 Å². The molecular formula is C11H14N2O. The van der Waals surface area contributed by atoms with Crippen molar-refractivity contribution in [2.24, 2.45) is 5.73 Å². The fourth-order valence-corrected chi connectivity index (χ4v) is 1.80. The molecule has 1 aromatic heterocycles. The van der Waals surface area contributed by atoms with E-state index in [1.165, 1.54) is 5.39 Å². The number of nitrogens with two attached hydrogens (primary N) is 1. The second-order valence-corrected chi connectivity index (χ2v) is 3.29. The van der Waals surface area contributed by atoms with Crippen LogP contribution in [0.2, 0.25) is 0 Å². The molecule has 0 saturated carbocycles. The van der Waals surface area contributed by atoms with Gasteiger partial charge >= 0.3 is 0 Å². The van der Waals surface area contributed by atoms with Gasteiger partial charge in [0.15, 0.2) is 0 Å². The van der Waals surface area contributed by atoms with Gasteiger partial charge in [-0.1, -0.05) is 18.2 Å².